The van der Waals surface area contributed by atoms with Crippen LogP contribution in [0.1, 0.15) is 32.6 Å². The maximum atomic E-state index is 11.8. The van der Waals surface area contributed by atoms with E-state index in [0.29, 0.717) is 16.7 Å². The van der Waals surface area contributed by atoms with Crippen LogP contribution in [-0.4, -0.2) is 16.0 Å². The number of nitrogens with one attached hydrogen (secondary N) is 1. The maximum Gasteiger partial charge on any atom is 0.246 e. The van der Waals surface area contributed by atoms with Crippen LogP contribution in [0.4, 0.5) is 0 Å². The Morgan fingerprint density at radius 2 is 2.10 bits per heavy atom. The van der Waals surface area contributed by atoms with E-state index in [2.05, 4.69) is 22.4 Å². The molecule has 0 spiro atoms. The van der Waals surface area contributed by atoms with Gasteiger partial charge in [0.25, 0.3) is 0 Å². The molecule has 0 aliphatic rings. The van der Waals surface area contributed by atoms with E-state index < -0.39 is 0 Å². The van der Waals surface area contributed by atoms with Crippen molar-refractivity contribution in [3.05, 3.63) is 35.2 Å². The zero-order valence-electron chi connectivity index (χ0n) is 12.1. The average molecular weight is 308 g/mol. The highest BCUT2D eigenvalue weighted by molar-refractivity contribution is 6.30. The smallest absolute Gasteiger partial charge is 0.246 e. The van der Waals surface area contributed by atoms with Crippen LogP contribution in [0, 0.1) is 5.92 Å². The molecule has 2 rings (SSSR count). The lowest BCUT2D eigenvalue weighted by Gasteiger charge is -2.08. The molecular weight excluding hydrogens is 290 g/mol. The van der Waals surface area contributed by atoms with Crippen molar-refractivity contribution < 1.29 is 9.32 Å². The van der Waals surface area contributed by atoms with Gasteiger partial charge in [0.2, 0.25) is 17.6 Å². The van der Waals surface area contributed by atoms with Gasteiger partial charge in [0.15, 0.2) is 0 Å². The molecule has 21 heavy (non-hydrogen) atoms. The lowest BCUT2D eigenvalue weighted by Crippen LogP contribution is -2.28. The van der Waals surface area contributed by atoms with E-state index in [-0.39, 0.29) is 18.4 Å². The molecule has 0 aliphatic carbocycles. The monoisotopic (exact) mass is 307 g/mol. The normalized spacial score (nSPS) is 12.1. The first-order chi connectivity index (χ1) is 10.1. The molecule has 6 heteroatoms. The Bertz CT molecular complexity index is 595. The summed E-state index contributed by atoms with van der Waals surface area (Å²) in [5, 5.41) is 7.35. The minimum atomic E-state index is -0.00587. The summed E-state index contributed by atoms with van der Waals surface area (Å²) < 4.78 is 5.13. The van der Waals surface area contributed by atoms with E-state index in [9.17, 15) is 4.79 Å². The fourth-order valence-electron chi connectivity index (χ4n) is 1.94. The average Bonchev–Trinajstić information content (AvgIpc) is 2.94. The predicted molar refractivity (Wildman–Crippen MR) is 80.7 cm³/mol. The molecule has 1 unspecified atom stereocenters. The Kier molecular flexibility index (Phi) is 5.33. The Hall–Kier alpha value is -1.88. The van der Waals surface area contributed by atoms with Crippen molar-refractivity contribution in [2.24, 2.45) is 5.92 Å². The van der Waals surface area contributed by atoms with Crippen LogP contribution in [-0.2, 0) is 11.3 Å². The van der Waals surface area contributed by atoms with Crippen molar-refractivity contribution >= 4 is 17.5 Å². The number of rotatable bonds is 6. The fraction of sp³-hybridized carbons (Fsp3) is 0.400. The number of aromatic nitrogens is 2. The molecule has 1 amide bonds. The number of carbonyl (C=O) groups excluding carboxylic acids is 1. The van der Waals surface area contributed by atoms with Gasteiger partial charge in [0.05, 0.1) is 6.54 Å². The number of nitrogens with zero attached hydrogens (tertiary/aromatic N) is 2. The summed E-state index contributed by atoms with van der Waals surface area (Å²) in [4.78, 5) is 16.1. The summed E-state index contributed by atoms with van der Waals surface area (Å²) in [6.07, 6.45) is 1.85. The van der Waals surface area contributed by atoms with Crippen LogP contribution in [0.2, 0.25) is 5.02 Å². The van der Waals surface area contributed by atoms with Crippen LogP contribution < -0.4 is 5.32 Å². The maximum absolute atomic E-state index is 11.8. The second-order valence-corrected chi connectivity index (χ2v) is 5.36. The first-order valence-corrected chi connectivity index (χ1v) is 7.34. The highest BCUT2D eigenvalue weighted by Crippen LogP contribution is 2.18. The topological polar surface area (TPSA) is 68.0 Å². The fourth-order valence-corrected chi connectivity index (χ4v) is 2.07. The zero-order valence-corrected chi connectivity index (χ0v) is 12.9. The number of benzene rings is 1. The van der Waals surface area contributed by atoms with E-state index in [1.54, 1.807) is 12.1 Å². The van der Waals surface area contributed by atoms with Gasteiger partial charge in [-0.25, -0.2) is 0 Å². The van der Waals surface area contributed by atoms with Gasteiger partial charge in [0.1, 0.15) is 0 Å². The number of hydrogen-bond acceptors (Lipinski definition) is 4. The van der Waals surface area contributed by atoms with Gasteiger partial charge in [-0.1, -0.05) is 37.0 Å². The van der Waals surface area contributed by atoms with Gasteiger partial charge in [-0.2, -0.15) is 4.98 Å². The molecular formula is C15H18ClN3O2. The summed E-state index contributed by atoms with van der Waals surface area (Å²) >= 11 is 5.83. The molecule has 1 aromatic heterocycles. The summed E-state index contributed by atoms with van der Waals surface area (Å²) in [7, 11) is 0. The largest absolute Gasteiger partial charge is 0.347 e. The van der Waals surface area contributed by atoms with Crippen molar-refractivity contribution in [2.45, 2.75) is 33.2 Å². The molecule has 1 aromatic carbocycles. The number of amides is 1. The second-order valence-electron chi connectivity index (χ2n) is 4.93. The van der Waals surface area contributed by atoms with Crippen LogP contribution >= 0.6 is 11.6 Å². The van der Waals surface area contributed by atoms with E-state index in [1.807, 2.05) is 19.1 Å². The SMILES string of the molecule is CCCC(C)C(=O)NCc1nc(-c2ccc(Cl)cc2)no1. The molecule has 0 radical (unpaired) electrons. The van der Waals surface area contributed by atoms with Crippen LogP contribution in [0.25, 0.3) is 11.4 Å². The van der Waals surface area contributed by atoms with Gasteiger partial charge in [0, 0.05) is 16.5 Å². The summed E-state index contributed by atoms with van der Waals surface area (Å²) in [6, 6.07) is 7.17. The number of halogens is 1. The summed E-state index contributed by atoms with van der Waals surface area (Å²) in [5.41, 5.74) is 0.820. The van der Waals surface area contributed by atoms with Gasteiger partial charge in [-0.15, -0.1) is 0 Å². The van der Waals surface area contributed by atoms with Crippen LogP contribution in [0.15, 0.2) is 28.8 Å². The Balaban J connectivity index is 1.94. The quantitative estimate of drug-likeness (QED) is 0.887. The zero-order chi connectivity index (χ0) is 15.2. The first kappa shape index (κ1) is 15.5. The van der Waals surface area contributed by atoms with Crippen molar-refractivity contribution in [2.75, 3.05) is 0 Å². The molecule has 2 aromatic rings. The van der Waals surface area contributed by atoms with Gasteiger partial charge < -0.3 is 9.84 Å². The minimum Gasteiger partial charge on any atom is -0.347 e. The molecule has 0 saturated carbocycles. The van der Waals surface area contributed by atoms with Crippen molar-refractivity contribution in [3.63, 3.8) is 0 Å². The second kappa shape index (κ2) is 7.22. The molecule has 5 nitrogen and oxygen atoms in total. The minimum absolute atomic E-state index is 0.00286. The lowest BCUT2D eigenvalue weighted by molar-refractivity contribution is -0.125. The van der Waals surface area contributed by atoms with Crippen molar-refractivity contribution in [3.8, 4) is 11.4 Å². The molecule has 1 N–H and O–H groups in total. The van der Waals surface area contributed by atoms with E-state index in [0.717, 1.165) is 18.4 Å². The molecule has 0 saturated heterocycles. The molecule has 0 bridgehead atoms. The van der Waals surface area contributed by atoms with Crippen LogP contribution in [0.5, 0.6) is 0 Å². The summed E-state index contributed by atoms with van der Waals surface area (Å²) in [6.45, 7) is 4.21. The molecule has 1 heterocycles. The van der Waals surface area contributed by atoms with E-state index in [1.165, 1.54) is 0 Å². The van der Waals surface area contributed by atoms with Gasteiger partial charge in [-0.3, -0.25) is 4.79 Å². The van der Waals surface area contributed by atoms with Crippen LogP contribution in [0.3, 0.4) is 0 Å². The van der Waals surface area contributed by atoms with Gasteiger partial charge in [-0.05, 0) is 30.7 Å². The standard InChI is InChI=1S/C15H18ClN3O2/c1-3-4-10(2)15(20)17-9-13-18-14(19-21-13)11-5-7-12(16)8-6-11/h5-8,10H,3-4,9H2,1-2H3,(H,17,20). The Labute approximate surface area is 128 Å². The predicted octanol–water partition coefficient (Wildman–Crippen LogP) is 3.44. The lowest BCUT2D eigenvalue weighted by atomic mass is 10.1. The highest BCUT2D eigenvalue weighted by atomic mass is 35.5. The van der Waals surface area contributed by atoms with Crippen molar-refractivity contribution in [1.29, 1.82) is 0 Å². The highest BCUT2D eigenvalue weighted by Gasteiger charge is 2.13. The Morgan fingerprint density at radius 3 is 2.76 bits per heavy atom. The molecule has 0 aliphatic heterocycles. The third-order valence-corrected chi connectivity index (χ3v) is 3.41. The van der Waals surface area contributed by atoms with Gasteiger partial charge >= 0.3 is 0 Å². The first-order valence-electron chi connectivity index (χ1n) is 6.96. The van der Waals surface area contributed by atoms with E-state index >= 15 is 0 Å². The van der Waals surface area contributed by atoms with Crippen molar-refractivity contribution in [1.82, 2.24) is 15.5 Å². The molecule has 1 atom stereocenters. The third-order valence-electron chi connectivity index (χ3n) is 3.15. The molecule has 112 valence electrons. The summed E-state index contributed by atoms with van der Waals surface area (Å²) in [5.74, 6) is 0.867. The number of carbonyl (C=O) groups is 1. The number of hydrogen-bond donors (Lipinski definition) is 1. The Morgan fingerprint density at radius 1 is 1.38 bits per heavy atom. The third kappa shape index (κ3) is 4.29. The van der Waals surface area contributed by atoms with E-state index in [4.69, 9.17) is 16.1 Å². The molecule has 0 fully saturated rings.